The zero-order chi connectivity index (χ0) is 18.8. The highest BCUT2D eigenvalue weighted by molar-refractivity contribution is 5.88. The quantitative estimate of drug-likeness (QED) is 0.816. The number of fused-ring (bicyclic) bond motifs is 1. The van der Waals surface area contributed by atoms with E-state index >= 15 is 0 Å². The molecule has 2 N–H and O–H groups in total. The van der Waals surface area contributed by atoms with Crippen molar-refractivity contribution in [2.75, 3.05) is 13.2 Å². The number of carbonyl (C=O) groups is 2. The molecule has 1 fully saturated rings. The number of aryl methyl sites for hydroxylation is 2. The SMILES string of the molecule is CCc1cc2c(C)cc(=O)oc2cc1OCC(=O)N1CCCC1C(N)=O. The van der Waals surface area contributed by atoms with Crippen LogP contribution in [0, 0.1) is 6.92 Å². The molecule has 3 rings (SSSR count). The topological polar surface area (TPSA) is 103 Å². The van der Waals surface area contributed by atoms with Gasteiger partial charge in [-0.25, -0.2) is 4.79 Å². The van der Waals surface area contributed by atoms with Crippen LogP contribution in [-0.2, 0) is 16.0 Å². The third-order valence-corrected chi connectivity index (χ3v) is 4.77. The summed E-state index contributed by atoms with van der Waals surface area (Å²) in [6.45, 7) is 4.13. The number of hydrogen-bond acceptors (Lipinski definition) is 5. The summed E-state index contributed by atoms with van der Waals surface area (Å²) in [6, 6.07) is 4.44. The van der Waals surface area contributed by atoms with Gasteiger partial charge in [0.1, 0.15) is 17.4 Å². The third-order valence-electron chi connectivity index (χ3n) is 4.77. The first-order chi connectivity index (χ1) is 12.4. The van der Waals surface area contributed by atoms with E-state index in [9.17, 15) is 14.4 Å². The van der Waals surface area contributed by atoms with Gasteiger partial charge in [0.2, 0.25) is 5.91 Å². The second-order valence-corrected chi connectivity index (χ2v) is 6.49. The third kappa shape index (κ3) is 3.42. The molecule has 26 heavy (non-hydrogen) atoms. The van der Waals surface area contributed by atoms with Crippen molar-refractivity contribution in [3.63, 3.8) is 0 Å². The number of hydrogen-bond donors (Lipinski definition) is 1. The maximum absolute atomic E-state index is 12.4. The van der Waals surface area contributed by atoms with E-state index in [-0.39, 0.29) is 12.5 Å². The van der Waals surface area contributed by atoms with Crippen molar-refractivity contribution < 1.29 is 18.7 Å². The van der Waals surface area contributed by atoms with Gasteiger partial charge < -0.3 is 19.8 Å². The first kappa shape index (κ1) is 18.0. The minimum Gasteiger partial charge on any atom is -0.483 e. The highest BCUT2D eigenvalue weighted by Crippen LogP contribution is 2.28. The van der Waals surface area contributed by atoms with Crippen LogP contribution in [0.15, 0.2) is 27.4 Å². The van der Waals surface area contributed by atoms with Crippen molar-refractivity contribution in [3.05, 3.63) is 39.7 Å². The summed E-state index contributed by atoms with van der Waals surface area (Å²) in [7, 11) is 0. The Bertz CT molecular complexity index is 918. The van der Waals surface area contributed by atoms with E-state index in [1.807, 2.05) is 19.9 Å². The smallest absolute Gasteiger partial charge is 0.336 e. The maximum atomic E-state index is 12.4. The summed E-state index contributed by atoms with van der Waals surface area (Å²) in [5.74, 6) is -0.274. The van der Waals surface area contributed by atoms with Gasteiger partial charge in [0.25, 0.3) is 5.91 Å². The molecule has 0 saturated carbocycles. The molecule has 1 aromatic heterocycles. The largest absolute Gasteiger partial charge is 0.483 e. The predicted octanol–water partition coefficient (Wildman–Crippen LogP) is 1.52. The van der Waals surface area contributed by atoms with Crippen LogP contribution >= 0.6 is 0 Å². The fourth-order valence-electron chi connectivity index (χ4n) is 3.39. The summed E-state index contributed by atoms with van der Waals surface area (Å²) in [5, 5.41) is 0.841. The lowest BCUT2D eigenvalue weighted by molar-refractivity contribution is -0.138. The summed E-state index contributed by atoms with van der Waals surface area (Å²) in [4.78, 5) is 36.9. The Morgan fingerprint density at radius 2 is 2.12 bits per heavy atom. The molecule has 1 atom stereocenters. The van der Waals surface area contributed by atoms with Crippen LogP contribution in [0.25, 0.3) is 11.0 Å². The number of primary amides is 1. The first-order valence-electron chi connectivity index (χ1n) is 8.69. The van der Waals surface area contributed by atoms with Crippen molar-refractivity contribution in [2.24, 2.45) is 5.73 Å². The normalized spacial score (nSPS) is 16.8. The average molecular weight is 358 g/mol. The number of likely N-dealkylation sites (tertiary alicyclic amines) is 1. The van der Waals surface area contributed by atoms with Crippen molar-refractivity contribution in [3.8, 4) is 5.75 Å². The van der Waals surface area contributed by atoms with Crippen molar-refractivity contribution >= 4 is 22.8 Å². The average Bonchev–Trinajstić information content (AvgIpc) is 3.09. The van der Waals surface area contributed by atoms with Crippen LogP contribution < -0.4 is 16.1 Å². The zero-order valence-corrected chi connectivity index (χ0v) is 14.9. The molecule has 2 aromatic rings. The van der Waals surface area contributed by atoms with E-state index in [0.717, 1.165) is 22.9 Å². The molecule has 2 heterocycles. The van der Waals surface area contributed by atoms with Gasteiger partial charge in [-0.05, 0) is 43.4 Å². The van der Waals surface area contributed by atoms with Crippen molar-refractivity contribution in [1.29, 1.82) is 0 Å². The Hall–Kier alpha value is -2.83. The van der Waals surface area contributed by atoms with Crippen LogP contribution in [0.1, 0.15) is 30.9 Å². The van der Waals surface area contributed by atoms with Gasteiger partial charge in [-0.1, -0.05) is 6.92 Å². The van der Waals surface area contributed by atoms with E-state index in [1.165, 1.54) is 11.0 Å². The minimum atomic E-state index is -0.561. The Balaban J connectivity index is 1.83. The molecule has 7 heteroatoms. The lowest BCUT2D eigenvalue weighted by Crippen LogP contribution is -2.45. The van der Waals surface area contributed by atoms with Gasteiger partial charge in [0.05, 0.1) is 0 Å². The molecule has 0 aliphatic carbocycles. The number of nitrogens with zero attached hydrogens (tertiary/aromatic N) is 1. The van der Waals surface area contributed by atoms with Crippen LogP contribution in [0.4, 0.5) is 0 Å². The molecular formula is C19H22N2O5. The van der Waals surface area contributed by atoms with E-state index in [1.54, 1.807) is 6.07 Å². The molecule has 1 saturated heterocycles. The molecule has 1 unspecified atom stereocenters. The lowest BCUT2D eigenvalue weighted by atomic mass is 10.1. The molecular weight excluding hydrogens is 336 g/mol. The Kier molecular flexibility index (Phi) is 4.97. The molecule has 138 valence electrons. The number of carbonyl (C=O) groups excluding carboxylic acids is 2. The summed E-state index contributed by atoms with van der Waals surface area (Å²) in [5.41, 5.74) is 7.09. The van der Waals surface area contributed by atoms with Gasteiger partial charge in [-0.3, -0.25) is 9.59 Å². The maximum Gasteiger partial charge on any atom is 0.336 e. The monoisotopic (exact) mass is 358 g/mol. The van der Waals surface area contributed by atoms with Crippen LogP contribution in [-0.4, -0.2) is 35.9 Å². The Morgan fingerprint density at radius 3 is 2.81 bits per heavy atom. The molecule has 0 spiro atoms. The fraction of sp³-hybridized carbons (Fsp3) is 0.421. The fourth-order valence-corrected chi connectivity index (χ4v) is 3.39. The number of nitrogens with two attached hydrogens (primary N) is 1. The van der Waals surface area contributed by atoms with Gasteiger partial charge >= 0.3 is 5.63 Å². The van der Waals surface area contributed by atoms with Crippen molar-refractivity contribution in [2.45, 2.75) is 39.2 Å². The summed E-state index contributed by atoms with van der Waals surface area (Å²) >= 11 is 0. The highest BCUT2D eigenvalue weighted by Gasteiger charge is 2.32. The zero-order valence-electron chi connectivity index (χ0n) is 14.9. The highest BCUT2D eigenvalue weighted by atomic mass is 16.5. The molecule has 7 nitrogen and oxygen atoms in total. The Morgan fingerprint density at radius 1 is 1.35 bits per heavy atom. The molecule has 0 bridgehead atoms. The van der Waals surface area contributed by atoms with Crippen LogP contribution in [0.5, 0.6) is 5.75 Å². The minimum absolute atomic E-state index is 0.196. The number of rotatable bonds is 5. The Labute approximate surface area is 150 Å². The predicted molar refractivity (Wildman–Crippen MR) is 96.0 cm³/mol. The first-order valence-corrected chi connectivity index (χ1v) is 8.69. The number of ether oxygens (including phenoxy) is 1. The summed E-state index contributed by atoms with van der Waals surface area (Å²) < 4.78 is 11.0. The standard InChI is InChI=1S/C19H22N2O5/c1-3-12-8-13-11(2)7-18(23)26-16(13)9-15(12)25-10-17(22)21-6-4-5-14(21)19(20)24/h7-9,14H,3-6,10H2,1-2H3,(H2,20,24). The van der Waals surface area contributed by atoms with E-state index in [2.05, 4.69) is 0 Å². The van der Waals surface area contributed by atoms with Crippen LogP contribution in [0.3, 0.4) is 0 Å². The second kappa shape index (κ2) is 7.19. The van der Waals surface area contributed by atoms with E-state index in [4.69, 9.17) is 14.9 Å². The van der Waals surface area contributed by atoms with Gasteiger partial charge in [0.15, 0.2) is 6.61 Å². The number of amides is 2. The van der Waals surface area contributed by atoms with Crippen molar-refractivity contribution in [1.82, 2.24) is 4.90 Å². The lowest BCUT2D eigenvalue weighted by Gasteiger charge is -2.22. The van der Waals surface area contributed by atoms with E-state index < -0.39 is 17.6 Å². The second-order valence-electron chi connectivity index (χ2n) is 6.49. The molecule has 0 radical (unpaired) electrons. The molecule has 1 aliphatic heterocycles. The molecule has 1 aromatic carbocycles. The van der Waals surface area contributed by atoms with Gasteiger partial charge in [-0.15, -0.1) is 0 Å². The van der Waals surface area contributed by atoms with E-state index in [0.29, 0.717) is 30.7 Å². The van der Waals surface area contributed by atoms with Gasteiger partial charge in [0, 0.05) is 24.1 Å². The summed E-state index contributed by atoms with van der Waals surface area (Å²) in [6.07, 6.45) is 2.04. The molecule has 1 aliphatic rings. The van der Waals surface area contributed by atoms with Crippen LogP contribution in [0.2, 0.25) is 0 Å². The number of benzene rings is 1. The van der Waals surface area contributed by atoms with Gasteiger partial charge in [-0.2, -0.15) is 0 Å². The molecule has 2 amide bonds.